The average molecular weight is 327 g/mol. The number of benzene rings is 2. The third-order valence-corrected chi connectivity index (χ3v) is 4.43. The minimum absolute atomic E-state index is 0.220. The number of halogens is 2. The van der Waals surface area contributed by atoms with Gasteiger partial charge in [-0.05, 0) is 51.8 Å². The SMILES string of the molecule is COc1ccc(SCc2cccc(F)c2Br)cc1. The van der Waals surface area contributed by atoms with Gasteiger partial charge in [-0.3, -0.25) is 0 Å². The molecule has 0 amide bonds. The molecule has 0 saturated carbocycles. The minimum Gasteiger partial charge on any atom is -0.497 e. The summed E-state index contributed by atoms with van der Waals surface area (Å²) in [7, 11) is 1.64. The van der Waals surface area contributed by atoms with E-state index in [-0.39, 0.29) is 5.82 Å². The van der Waals surface area contributed by atoms with E-state index in [1.54, 1.807) is 24.9 Å². The highest BCUT2D eigenvalue weighted by atomic mass is 79.9. The Balaban J connectivity index is 2.04. The van der Waals surface area contributed by atoms with Gasteiger partial charge >= 0.3 is 0 Å². The number of hydrogen-bond acceptors (Lipinski definition) is 2. The summed E-state index contributed by atoms with van der Waals surface area (Å²) in [6, 6.07) is 12.9. The Morgan fingerprint density at radius 2 is 1.89 bits per heavy atom. The predicted octanol–water partition coefficient (Wildman–Crippen LogP) is 4.89. The number of ether oxygens (including phenoxy) is 1. The first-order chi connectivity index (χ1) is 8.70. The molecule has 94 valence electrons. The van der Waals surface area contributed by atoms with Crippen LogP contribution in [0.25, 0.3) is 0 Å². The monoisotopic (exact) mass is 326 g/mol. The molecule has 2 aromatic carbocycles. The maximum absolute atomic E-state index is 13.3. The molecule has 0 aliphatic rings. The normalized spacial score (nSPS) is 10.4. The van der Waals surface area contributed by atoms with Crippen LogP contribution in [-0.2, 0) is 5.75 Å². The summed E-state index contributed by atoms with van der Waals surface area (Å²) in [5.41, 5.74) is 0.954. The smallest absolute Gasteiger partial charge is 0.137 e. The maximum atomic E-state index is 13.3. The first-order valence-electron chi connectivity index (χ1n) is 5.40. The summed E-state index contributed by atoms with van der Waals surface area (Å²) in [5, 5.41) is 0. The van der Waals surface area contributed by atoms with Gasteiger partial charge in [0, 0.05) is 10.6 Å². The average Bonchev–Trinajstić information content (AvgIpc) is 2.41. The van der Waals surface area contributed by atoms with E-state index in [2.05, 4.69) is 15.9 Å². The highest BCUT2D eigenvalue weighted by Crippen LogP contribution is 2.29. The topological polar surface area (TPSA) is 9.23 Å². The van der Waals surface area contributed by atoms with Gasteiger partial charge < -0.3 is 4.74 Å². The third-order valence-electron chi connectivity index (χ3n) is 2.49. The van der Waals surface area contributed by atoms with Gasteiger partial charge in [-0.2, -0.15) is 0 Å². The van der Waals surface area contributed by atoms with Crippen molar-refractivity contribution in [3.05, 3.63) is 58.3 Å². The first kappa shape index (κ1) is 13.4. The molecule has 0 fully saturated rings. The number of hydrogen-bond donors (Lipinski definition) is 0. The summed E-state index contributed by atoms with van der Waals surface area (Å²) >= 11 is 4.93. The number of rotatable bonds is 4. The maximum Gasteiger partial charge on any atom is 0.137 e. The molecule has 0 bridgehead atoms. The first-order valence-corrected chi connectivity index (χ1v) is 7.18. The van der Waals surface area contributed by atoms with Crippen molar-refractivity contribution in [1.82, 2.24) is 0 Å². The summed E-state index contributed by atoms with van der Waals surface area (Å²) in [6.07, 6.45) is 0. The van der Waals surface area contributed by atoms with Crippen molar-refractivity contribution in [3.8, 4) is 5.75 Å². The molecular weight excluding hydrogens is 315 g/mol. The van der Waals surface area contributed by atoms with Crippen molar-refractivity contribution >= 4 is 27.7 Å². The van der Waals surface area contributed by atoms with Crippen molar-refractivity contribution in [3.63, 3.8) is 0 Å². The lowest BCUT2D eigenvalue weighted by molar-refractivity contribution is 0.414. The molecule has 4 heteroatoms. The predicted molar refractivity (Wildman–Crippen MR) is 76.7 cm³/mol. The molecule has 0 saturated heterocycles. The van der Waals surface area contributed by atoms with Crippen LogP contribution in [0.4, 0.5) is 4.39 Å². The van der Waals surface area contributed by atoms with Gasteiger partial charge in [0.05, 0.1) is 11.6 Å². The van der Waals surface area contributed by atoms with Crippen LogP contribution in [-0.4, -0.2) is 7.11 Å². The van der Waals surface area contributed by atoms with Crippen molar-refractivity contribution in [2.75, 3.05) is 7.11 Å². The number of thioether (sulfide) groups is 1. The Morgan fingerprint density at radius 1 is 1.17 bits per heavy atom. The fourth-order valence-corrected chi connectivity index (χ4v) is 2.97. The third kappa shape index (κ3) is 3.27. The molecule has 2 rings (SSSR count). The van der Waals surface area contributed by atoms with E-state index in [4.69, 9.17) is 4.74 Å². The standard InChI is InChI=1S/C14H12BrFOS/c1-17-11-5-7-12(8-6-11)18-9-10-3-2-4-13(16)14(10)15/h2-8H,9H2,1H3. The summed E-state index contributed by atoms with van der Waals surface area (Å²) < 4.78 is 19.0. The molecular formula is C14H12BrFOS. The molecule has 1 nitrogen and oxygen atoms in total. The molecule has 18 heavy (non-hydrogen) atoms. The van der Waals surface area contributed by atoms with Gasteiger partial charge in [0.25, 0.3) is 0 Å². The van der Waals surface area contributed by atoms with Crippen LogP contribution in [0.1, 0.15) is 5.56 Å². The van der Waals surface area contributed by atoms with E-state index in [9.17, 15) is 4.39 Å². The molecule has 2 aromatic rings. The quantitative estimate of drug-likeness (QED) is 0.740. The van der Waals surface area contributed by atoms with Gasteiger partial charge in [-0.25, -0.2) is 4.39 Å². The van der Waals surface area contributed by atoms with Gasteiger partial charge in [-0.1, -0.05) is 12.1 Å². The minimum atomic E-state index is -0.220. The molecule has 0 atom stereocenters. The lowest BCUT2D eigenvalue weighted by Gasteiger charge is -2.06. The zero-order chi connectivity index (χ0) is 13.0. The highest BCUT2D eigenvalue weighted by Gasteiger charge is 2.05. The second-order valence-corrected chi connectivity index (χ2v) is 5.52. The Kier molecular flexibility index (Phi) is 4.66. The largest absolute Gasteiger partial charge is 0.497 e. The highest BCUT2D eigenvalue weighted by molar-refractivity contribution is 9.10. The second kappa shape index (κ2) is 6.25. The van der Waals surface area contributed by atoms with Crippen LogP contribution in [0, 0.1) is 5.82 Å². The van der Waals surface area contributed by atoms with Crippen LogP contribution < -0.4 is 4.74 Å². The molecule has 0 heterocycles. The van der Waals surface area contributed by atoms with E-state index >= 15 is 0 Å². The van der Waals surface area contributed by atoms with E-state index in [1.807, 2.05) is 30.3 Å². The Bertz CT molecular complexity index is 528. The van der Waals surface area contributed by atoms with Gasteiger partial charge in [0.1, 0.15) is 11.6 Å². The molecule has 0 radical (unpaired) electrons. The van der Waals surface area contributed by atoms with Gasteiger partial charge in [0.15, 0.2) is 0 Å². The van der Waals surface area contributed by atoms with Crippen molar-refractivity contribution in [1.29, 1.82) is 0 Å². The van der Waals surface area contributed by atoms with Crippen LogP contribution >= 0.6 is 27.7 Å². The summed E-state index contributed by atoms with van der Waals surface area (Å²) in [4.78, 5) is 1.13. The summed E-state index contributed by atoms with van der Waals surface area (Å²) in [5.74, 6) is 1.35. The van der Waals surface area contributed by atoms with Crippen LogP contribution in [0.15, 0.2) is 51.8 Å². The van der Waals surface area contributed by atoms with Crippen LogP contribution in [0.5, 0.6) is 5.75 Å². The lowest BCUT2D eigenvalue weighted by Crippen LogP contribution is -1.87. The molecule has 0 unspecified atom stereocenters. The van der Waals surface area contributed by atoms with Crippen molar-refractivity contribution in [2.45, 2.75) is 10.6 Å². The Hall–Kier alpha value is -1.00. The van der Waals surface area contributed by atoms with Crippen molar-refractivity contribution < 1.29 is 9.13 Å². The van der Waals surface area contributed by atoms with E-state index < -0.39 is 0 Å². The molecule has 0 N–H and O–H groups in total. The second-order valence-electron chi connectivity index (χ2n) is 3.68. The fourth-order valence-electron chi connectivity index (χ4n) is 1.49. The van der Waals surface area contributed by atoms with E-state index in [1.165, 1.54) is 6.07 Å². The van der Waals surface area contributed by atoms with Crippen molar-refractivity contribution in [2.24, 2.45) is 0 Å². The molecule has 0 aliphatic carbocycles. The van der Waals surface area contributed by atoms with E-state index in [0.29, 0.717) is 4.47 Å². The van der Waals surface area contributed by atoms with Crippen LogP contribution in [0.3, 0.4) is 0 Å². The lowest BCUT2D eigenvalue weighted by atomic mass is 10.2. The zero-order valence-electron chi connectivity index (χ0n) is 9.82. The van der Waals surface area contributed by atoms with Gasteiger partial charge in [0.2, 0.25) is 0 Å². The van der Waals surface area contributed by atoms with E-state index in [0.717, 1.165) is 22.0 Å². The Labute approximate surface area is 118 Å². The molecule has 0 aromatic heterocycles. The Morgan fingerprint density at radius 3 is 2.56 bits per heavy atom. The number of methoxy groups -OCH3 is 1. The molecule has 0 spiro atoms. The molecule has 0 aliphatic heterocycles. The summed E-state index contributed by atoms with van der Waals surface area (Å²) in [6.45, 7) is 0. The zero-order valence-corrected chi connectivity index (χ0v) is 12.2. The van der Waals surface area contributed by atoms with Crippen LogP contribution in [0.2, 0.25) is 0 Å². The fraction of sp³-hybridized carbons (Fsp3) is 0.143. The van der Waals surface area contributed by atoms with Gasteiger partial charge in [-0.15, -0.1) is 11.8 Å².